The van der Waals surface area contributed by atoms with Gasteiger partial charge >= 0.3 is 11.9 Å². The Labute approximate surface area is 166 Å². The minimum absolute atomic E-state index is 0.0733. The molecule has 0 aromatic heterocycles. The van der Waals surface area contributed by atoms with E-state index in [2.05, 4.69) is 41.8 Å². The summed E-state index contributed by atoms with van der Waals surface area (Å²) < 4.78 is 11.2. The maximum Gasteiger partial charge on any atom is 0.396 e. The van der Waals surface area contributed by atoms with E-state index in [1.807, 2.05) is 0 Å². The number of amides is 1. The molecule has 6 heteroatoms. The molecule has 28 heavy (non-hydrogen) atoms. The van der Waals surface area contributed by atoms with Gasteiger partial charge in [0.1, 0.15) is 11.4 Å². The van der Waals surface area contributed by atoms with Gasteiger partial charge in [0.2, 0.25) is 0 Å². The smallest absolute Gasteiger partial charge is 0.396 e. The summed E-state index contributed by atoms with van der Waals surface area (Å²) in [6, 6.07) is 6.25. The van der Waals surface area contributed by atoms with Gasteiger partial charge in [-0.2, -0.15) is 0 Å². The number of methoxy groups -OCH3 is 1. The lowest BCUT2D eigenvalue weighted by molar-refractivity contribution is -0.160. The first-order valence-corrected chi connectivity index (χ1v) is 10.3. The molecule has 2 fully saturated rings. The second kappa shape index (κ2) is 7.39. The quantitative estimate of drug-likeness (QED) is 0.548. The van der Waals surface area contributed by atoms with Crippen LogP contribution in [-0.2, 0) is 20.7 Å². The minimum Gasteiger partial charge on any atom is -0.487 e. The number of likely N-dealkylation sites (tertiary alicyclic amines) is 2. The van der Waals surface area contributed by atoms with Crippen molar-refractivity contribution in [2.75, 3.05) is 33.8 Å². The van der Waals surface area contributed by atoms with Crippen LogP contribution < -0.4 is 4.74 Å². The number of piperidine rings is 2. The van der Waals surface area contributed by atoms with Crippen LogP contribution >= 0.6 is 0 Å². The zero-order valence-corrected chi connectivity index (χ0v) is 17.1. The third-order valence-corrected chi connectivity index (χ3v) is 6.65. The average molecular weight is 386 g/mol. The Bertz CT molecular complexity index is 770. The van der Waals surface area contributed by atoms with Gasteiger partial charge in [0.15, 0.2) is 0 Å². The van der Waals surface area contributed by atoms with Crippen LogP contribution in [0.2, 0.25) is 0 Å². The minimum atomic E-state index is -0.790. The van der Waals surface area contributed by atoms with Crippen LogP contribution in [0, 0.1) is 5.92 Å². The lowest BCUT2D eigenvalue weighted by atomic mass is 9.86. The van der Waals surface area contributed by atoms with Gasteiger partial charge in [-0.25, -0.2) is 4.79 Å². The molecule has 0 radical (unpaired) electrons. The normalized spacial score (nSPS) is 26.6. The molecule has 0 bridgehead atoms. The van der Waals surface area contributed by atoms with E-state index in [0.717, 1.165) is 56.5 Å². The van der Waals surface area contributed by atoms with Gasteiger partial charge in [0.25, 0.3) is 0 Å². The second-order valence-electron chi connectivity index (χ2n) is 8.78. The molecule has 6 nitrogen and oxygen atoms in total. The Morgan fingerprint density at radius 1 is 1.21 bits per heavy atom. The zero-order valence-electron chi connectivity index (χ0n) is 17.1. The van der Waals surface area contributed by atoms with Gasteiger partial charge in [-0.1, -0.05) is 19.1 Å². The van der Waals surface area contributed by atoms with Gasteiger partial charge in [-0.15, -0.1) is 0 Å². The molecule has 4 rings (SSSR count). The topological polar surface area (TPSA) is 59.1 Å². The monoisotopic (exact) mass is 386 g/mol. The maximum absolute atomic E-state index is 12.6. The molecule has 3 aliphatic rings. The fraction of sp³-hybridized carbons (Fsp3) is 0.636. The molecule has 1 spiro atoms. The first-order valence-electron chi connectivity index (χ1n) is 10.3. The molecule has 1 aromatic carbocycles. The highest BCUT2D eigenvalue weighted by Crippen LogP contribution is 2.43. The van der Waals surface area contributed by atoms with E-state index in [1.165, 1.54) is 12.7 Å². The van der Waals surface area contributed by atoms with E-state index in [0.29, 0.717) is 12.5 Å². The number of rotatable bonds is 1. The molecule has 1 amide bonds. The molecule has 0 aliphatic carbocycles. The largest absolute Gasteiger partial charge is 0.487 e. The third kappa shape index (κ3) is 3.50. The molecule has 2 atom stereocenters. The molecule has 0 saturated carbocycles. The van der Waals surface area contributed by atoms with Crippen LogP contribution in [0.3, 0.4) is 0 Å². The highest BCUT2D eigenvalue weighted by molar-refractivity contribution is 6.32. The van der Waals surface area contributed by atoms with Gasteiger partial charge in [-0.05, 0) is 43.0 Å². The Morgan fingerprint density at radius 3 is 2.68 bits per heavy atom. The number of carbonyl (C=O) groups is 2. The summed E-state index contributed by atoms with van der Waals surface area (Å²) in [5.74, 6) is -0.0155. The summed E-state index contributed by atoms with van der Waals surface area (Å²) in [5.41, 5.74) is 2.23. The Kier molecular flexibility index (Phi) is 5.08. The second-order valence-corrected chi connectivity index (χ2v) is 8.78. The number of benzene rings is 1. The molecule has 3 heterocycles. The first kappa shape index (κ1) is 19.2. The van der Waals surface area contributed by atoms with Crippen LogP contribution in [0.15, 0.2) is 18.2 Å². The van der Waals surface area contributed by atoms with Crippen molar-refractivity contribution in [3.05, 3.63) is 29.3 Å². The SMILES string of the molecule is COC(=O)C(=O)N1CC(C)CCC1c1ccc2c(c1)OC1(CCN(C)CC1)C2. The maximum atomic E-state index is 12.6. The summed E-state index contributed by atoms with van der Waals surface area (Å²) in [4.78, 5) is 28.5. The Morgan fingerprint density at radius 2 is 1.96 bits per heavy atom. The third-order valence-electron chi connectivity index (χ3n) is 6.65. The number of carbonyl (C=O) groups excluding carboxylic acids is 2. The number of esters is 1. The van der Waals surface area contributed by atoms with Crippen molar-refractivity contribution in [1.82, 2.24) is 9.80 Å². The highest BCUT2D eigenvalue weighted by atomic mass is 16.5. The lowest BCUT2D eigenvalue weighted by Crippen LogP contribution is -2.46. The average Bonchev–Trinajstić information content (AvgIpc) is 3.06. The van der Waals surface area contributed by atoms with Crippen molar-refractivity contribution in [2.45, 2.75) is 50.7 Å². The lowest BCUT2D eigenvalue weighted by Gasteiger charge is -2.38. The Balaban J connectivity index is 1.57. The van der Waals surface area contributed by atoms with Crippen molar-refractivity contribution in [3.63, 3.8) is 0 Å². The van der Waals surface area contributed by atoms with Crippen LogP contribution in [0.25, 0.3) is 0 Å². The van der Waals surface area contributed by atoms with Crippen molar-refractivity contribution >= 4 is 11.9 Å². The van der Waals surface area contributed by atoms with E-state index < -0.39 is 11.9 Å². The predicted octanol–water partition coefficient (Wildman–Crippen LogP) is 2.56. The van der Waals surface area contributed by atoms with E-state index in [9.17, 15) is 9.59 Å². The van der Waals surface area contributed by atoms with Gasteiger partial charge in [0, 0.05) is 38.9 Å². The van der Waals surface area contributed by atoms with Crippen molar-refractivity contribution in [2.24, 2.45) is 5.92 Å². The summed E-state index contributed by atoms with van der Waals surface area (Å²) in [7, 11) is 3.41. The number of hydrogen-bond acceptors (Lipinski definition) is 5. The van der Waals surface area contributed by atoms with E-state index in [-0.39, 0.29) is 11.6 Å². The summed E-state index contributed by atoms with van der Waals surface area (Å²) >= 11 is 0. The fourth-order valence-electron chi connectivity index (χ4n) is 4.87. The zero-order chi connectivity index (χ0) is 19.9. The summed E-state index contributed by atoms with van der Waals surface area (Å²) in [5, 5.41) is 0. The van der Waals surface area contributed by atoms with E-state index in [1.54, 1.807) is 4.90 Å². The molecular formula is C22H30N2O4. The summed E-state index contributed by atoms with van der Waals surface area (Å²) in [6.45, 7) is 4.81. The van der Waals surface area contributed by atoms with Crippen LogP contribution in [0.5, 0.6) is 5.75 Å². The number of fused-ring (bicyclic) bond motifs is 1. The van der Waals surface area contributed by atoms with Crippen LogP contribution in [0.1, 0.15) is 49.8 Å². The first-order chi connectivity index (χ1) is 13.4. The molecule has 152 valence electrons. The van der Waals surface area contributed by atoms with Crippen LogP contribution in [0.4, 0.5) is 0 Å². The van der Waals surface area contributed by atoms with E-state index >= 15 is 0 Å². The number of hydrogen-bond donors (Lipinski definition) is 0. The Hall–Kier alpha value is -2.08. The van der Waals surface area contributed by atoms with Crippen molar-refractivity contribution in [3.8, 4) is 5.75 Å². The van der Waals surface area contributed by atoms with Gasteiger partial charge < -0.3 is 19.3 Å². The number of ether oxygens (including phenoxy) is 2. The van der Waals surface area contributed by atoms with Crippen LogP contribution in [-0.4, -0.2) is 61.1 Å². The molecule has 2 saturated heterocycles. The van der Waals surface area contributed by atoms with Gasteiger partial charge in [0.05, 0.1) is 13.2 Å². The van der Waals surface area contributed by atoms with Gasteiger partial charge in [-0.3, -0.25) is 4.79 Å². The fourth-order valence-corrected chi connectivity index (χ4v) is 4.87. The highest BCUT2D eigenvalue weighted by Gasteiger charge is 2.42. The molecule has 3 aliphatic heterocycles. The molecule has 0 N–H and O–H groups in total. The molecule has 2 unspecified atom stereocenters. The molecular weight excluding hydrogens is 356 g/mol. The van der Waals surface area contributed by atoms with Crippen molar-refractivity contribution < 1.29 is 19.1 Å². The predicted molar refractivity (Wildman–Crippen MR) is 105 cm³/mol. The number of nitrogens with zero attached hydrogens (tertiary/aromatic N) is 2. The summed E-state index contributed by atoms with van der Waals surface area (Å²) in [6.07, 6.45) is 4.92. The van der Waals surface area contributed by atoms with Crippen molar-refractivity contribution in [1.29, 1.82) is 0 Å². The van der Waals surface area contributed by atoms with E-state index in [4.69, 9.17) is 4.74 Å². The molecule has 1 aromatic rings. The standard InChI is InChI=1S/C22H30N2O4/c1-15-4-7-18(24(14-15)20(25)21(26)27-3)16-5-6-17-13-22(28-19(17)12-16)8-10-23(2)11-9-22/h5-6,12,15,18H,4,7-11,13-14H2,1-3H3.